The Bertz CT molecular complexity index is 414. The van der Waals surface area contributed by atoms with Crippen LogP contribution < -0.4 is 5.32 Å². The molecule has 5 N–H and O–H groups in total. The summed E-state index contributed by atoms with van der Waals surface area (Å²) >= 11 is 0. The predicted molar refractivity (Wildman–Crippen MR) is 103 cm³/mol. The second-order valence-electron chi connectivity index (χ2n) is 7.46. The van der Waals surface area contributed by atoms with Crippen LogP contribution in [0.15, 0.2) is 0 Å². The normalized spacial score (nSPS) is 28.7. The lowest BCUT2D eigenvalue weighted by atomic mass is 9.97. The highest BCUT2D eigenvalue weighted by atomic mass is 16.6. The van der Waals surface area contributed by atoms with E-state index in [-0.39, 0.29) is 5.91 Å². The molecule has 1 rings (SSSR count). The van der Waals surface area contributed by atoms with E-state index in [4.69, 9.17) is 11.2 Å². The fraction of sp³-hybridized carbons (Fsp3) is 0.950. The van der Waals surface area contributed by atoms with E-state index in [1.807, 2.05) is 0 Å². The van der Waals surface area contributed by atoms with Crippen LogP contribution in [0.2, 0.25) is 0 Å². The minimum atomic E-state index is -1.47. The molecule has 0 radical (unpaired) electrons. The van der Waals surface area contributed by atoms with Gasteiger partial charge in [0.25, 0.3) is 0 Å². The first-order chi connectivity index (χ1) is 13.5. The Labute approximate surface area is 164 Å². The van der Waals surface area contributed by atoms with E-state index in [2.05, 4.69) is 5.32 Å². The monoisotopic (exact) mass is 390 g/mol. The van der Waals surface area contributed by atoms with Gasteiger partial charge in [-0.05, 0) is 6.42 Å². The summed E-state index contributed by atoms with van der Waals surface area (Å²) in [5.41, 5.74) is 0. The van der Waals surface area contributed by atoms with Crippen LogP contribution in [0.1, 0.15) is 85.3 Å². The standard InChI is InChI=1S/C20H39NO6/c1-2-3-4-5-6-7-8-9-10-11-12-13-16(23)21-17-19(25)18(24)15(14-22)27-20(17)26/h15,17-20,22,24-26H,2-14H2,1H3,(H,21,23)/t15-,17-,18-,19-,20?/m1/s1/i1D. The molecule has 7 heteroatoms. The van der Waals surface area contributed by atoms with Gasteiger partial charge in [0.15, 0.2) is 6.29 Å². The van der Waals surface area contributed by atoms with E-state index in [1.165, 1.54) is 38.5 Å². The van der Waals surface area contributed by atoms with Crippen molar-refractivity contribution in [2.75, 3.05) is 6.61 Å². The van der Waals surface area contributed by atoms with Crippen molar-refractivity contribution in [3.8, 4) is 0 Å². The Morgan fingerprint density at radius 2 is 1.48 bits per heavy atom. The van der Waals surface area contributed by atoms with Crippen LogP contribution in [0, 0.1) is 0 Å². The lowest BCUT2D eigenvalue weighted by molar-refractivity contribution is -0.253. The number of nitrogens with one attached hydrogen (secondary N) is 1. The molecule has 27 heavy (non-hydrogen) atoms. The third kappa shape index (κ3) is 9.34. The minimum absolute atomic E-state index is 0.297. The Hall–Kier alpha value is -0.730. The Morgan fingerprint density at radius 3 is 2.04 bits per heavy atom. The molecule has 1 heterocycles. The lowest BCUT2D eigenvalue weighted by Gasteiger charge is -2.40. The van der Waals surface area contributed by atoms with Crippen molar-refractivity contribution in [3.05, 3.63) is 0 Å². The van der Waals surface area contributed by atoms with Crippen molar-refractivity contribution >= 4 is 5.91 Å². The van der Waals surface area contributed by atoms with E-state index in [0.717, 1.165) is 32.1 Å². The first kappa shape index (κ1) is 22.6. The van der Waals surface area contributed by atoms with Crippen molar-refractivity contribution in [1.82, 2.24) is 5.32 Å². The molecule has 0 saturated carbocycles. The Balaban J connectivity index is 2.03. The topological polar surface area (TPSA) is 119 Å². The van der Waals surface area contributed by atoms with Gasteiger partial charge in [0.2, 0.25) is 5.91 Å². The van der Waals surface area contributed by atoms with Crippen LogP contribution in [0.25, 0.3) is 0 Å². The zero-order valence-corrected chi connectivity index (χ0v) is 16.4. The summed E-state index contributed by atoms with van der Waals surface area (Å²) < 4.78 is 12.1. The number of hydrogen-bond acceptors (Lipinski definition) is 6. The van der Waals surface area contributed by atoms with Crippen LogP contribution >= 0.6 is 0 Å². The number of unbranched alkanes of at least 4 members (excludes halogenated alkanes) is 10. The quantitative estimate of drug-likeness (QED) is 0.288. The van der Waals surface area contributed by atoms with Gasteiger partial charge in [-0.1, -0.05) is 71.1 Å². The maximum atomic E-state index is 12.0. The molecule has 1 saturated heterocycles. The number of aliphatic hydroxyl groups excluding tert-OH is 4. The molecule has 1 unspecified atom stereocenters. The Morgan fingerprint density at radius 1 is 0.926 bits per heavy atom. The molecule has 0 aromatic carbocycles. The number of carbonyl (C=O) groups excluding carboxylic acids is 1. The van der Waals surface area contributed by atoms with Gasteiger partial charge in [0.1, 0.15) is 24.4 Å². The molecule has 1 amide bonds. The maximum absolute atomic E-state index is 12.0. The van der Waals surface area contributed by atoms with Gasteiger partial charge in [0.05, 0.1) is 6.61 Å². The second kappa shape index (κ2) is 14.3. The van der Waals surface area contributed by atoms with Gasteiger partial charge < -0.3 is 30.5 Å². The van der Waals surface area contributed by atoms with Crippen LogP contribution in [0.3, 0.4) is 0 Å². The van der Waals surface area contributed by atoms with Crippen LogP contribution in [-0.2, 0) is 9.53 Å². The van der Waals surface area contributed by atoms with Crippen molar-refractivity contribution < 1.29 is 31.3 Å². The fourth-order valence-corrected chi connectivity index (χ4v) is 3.39. The number of amides is 1. The molecule has 0 bridgehead atoms. The number of rotatable bonds is 14. The van der Waals surface area contributed by atoms with E-state index in [9.17, 15) is 20.1 Å². The molecule has 160 valence electrons. The molecule has 0 aromatic rings. The SMILES string of the molecule is [2H]CCCCCCCCCCCCCC(=O)N[C@H]1C(O)O[C@H](CO)[C@@H](O)[C@@H]1O. The summed E-state index contributed by atoms with van der Waals surface area (Å²) in [7, 11) is 0. The van der Waals surface area contributed by atoms with Crippen LogP contribution in [-0.4, -0.2) is 63.6 Å². The molecular weight excluding hydrogens is 350 g/mol. The van der Waals surface area contributed by atoms with E-state index >= 15 is 0 Å². The number of aliphatic hydroxyl groups is 4. The molecule has 0 aromatic heterocycles. The summed E-state index contributed by atoms with van der Waals surface area (Å²) in [6.45, 7) is 0.0156. The zero-order chi connectivity index (χ0) is 20.8. The molecule has 1 aliphatic rings. The lowest BCUT2D eigenvalue weighted by Crippen LogP contribution is -2.64. The Kier molecular flexibility index (Phi) is 11.9. The molecule has 1 aliphatic heterocycles. The average Bonchev–Trinajstić information content (AvgIpc) is 2.68. The van der Waals surface area contributed by atoms with Crippen molar-refractivity contribution in [2.45, 2.75) is 115 Å². The number of ether oxygens (including phenoxy) is 1. The van der Waals surface area contributed by atoms with Gasteiger partial charge in [-0.25, -0.2) is 0 Å². The third-order valence-electron chi connectivity index (χ3n) is 5.13. The number of carbonyl (C=O) groups is 1. The molecule has 7 nitrogen and oxygen atoms in total. The van der Waals surface area contributed by atoms with Gasteiger partial charge in [-0.15, -0.1) is 0 Å². The number of hydrogen-bond donors (Lipinski definition) is 5. The highest BCUT2D eigenvalue weighted by Crippen LogP contribution is 2.20. The van der Waals surface area contributed by atoms with E-state index in [1.54, 1.807) is 0 Å². The van der Waals surface area contributed by atoms with Crippen molar-refractivity contribution in [3.63, 3.8) is 0 Å². The fourth-order valence-electron chi connectivity index (χ4n) is 3.39. The maximum Gasteiger partial charge on any atom is 0.220 e. The van der Waals surface area contributed by atoms with Crippen LogP contribution in [0.4, 0.5) is 0 Å². The summed E-state index contributed by atoms with van der Waals surface area (Å²) in [6, 6.07) is -1.11. The molecule has 5 atom stereocenters. The summed E-state index contributed by atoms with van der Waals surface area (Å²) in [5.74, 6) is -0.297. The van der Waals surface area contributed by atoms with Crippen LogP contribution in [0.5, 0.6) is 0 Å². The summed E-state index contributed by atoms with van der Waals surface area (Å²) in [4.78, 5) is 12.0. The van der Waals surface area contributed by atoms with Crippen molar-refractivity contribution in [2.24, 2.45) is 0 Å². The van der Waals surface area contributed by atoms with Gasteiger partial charge in [0, 0.05) is 7.79 Å². The predicted octanol–water partition coefficient (Wildman–Crippen LogP) is 1.60. The molecule has 0 spiro atoms. The highest BCUT2D eigenvalue weighted by Gasteiger charge is 2.44. The first-order valence-electron chi connectivity index (χ1n) is 11.1. The van der Waals surface area contributed by atoms with E-state index < -0.39 is 37.3 Å². The van der Waals surface area contributed by atoms with Crippen molar-refractivity contribution in [1.29, 1.82) is 0 Å². The average molecular weight is 391 g/mol. The van der Waals surface area contributed by atoms with Gasteiger partial charge in [-0.3, -0.25) is 4.79 Å². The first-order valence-corrected chi connectivity index (χ1v) is 10.4. The van der Waals surface area contributed by atoms with Gasteiger partial charge >= 0.3 is 0 Å². The van der Waals surface area contributed by atoms with Gasteiger partial charge in [-0.2, -0.15) is 0 Å². The molecule has 1 fully saturated rings. The highest BCUT2D eigenvalue weighted by molar-refractivity contribution is 5.76. The summed E-state index contributed by atoms with van der Waals surface area (Å²) in [5, 5.41) is 41.2. The largest absolute Gasteiger partial charge is 0.394 e. The zero-order valence-electron chi connectivity index (χ0n) is 17.4. The summed E-state index contributed by atoms with van der Waals surface area (Å²) in [6.07, 6.45) is 7.36. The molecular formula is C20H39NO6. The van der Waals surface area contributed by atoms with E-state index in [0.29, 0.717) is 13.3 Å². The third-order valence-corrected chi connectivity index (χ3v) is 5.13. The smallest absolute Gasteiger partial charge is 0.220 e. The molecule has 0 aliphatic carbocycles. The second-order valence-corrected chi connectivity index (χ2v) is 7.46. The minimum Gasteiger partial charge on any atom is -0.394 e.